The highest BCUT2D eigenvalue weighted by atomic mass is 15.3. The van der Waals surface area contributed by atoms with Gasteiger partial charge in [-0.25, -0.2) is 0 Å². The molecule has 0 aromatic carbocycles. The molecule has 4 fully saturated rings. The highest BCUT2D eigenvalue weighted by molar-refractivity contribution is 5.12. The maximum atomic E-state index is 6.68. The van der Waals surface area contributed by atoms with E-state index >= 15 is 0 Å². The third-order valence-corrected chi connectivity index (χ3v) is 6.15. The number of nitrogens with two attached hydrogens (primary N) is 1. The molecule has 0 amide bonds. The summed E-state index contributed by atoms with van der Waals surface area (Å²) in [7, 11) is 2.05. The topological polar surface area (TPSA) is 56.7 Å². The van der Waals surface area contributed by atoms with Gasteiger partial charge in [0.05, 0.1) is 6.04 Å². The van der Waals surface area contributed by atoms with E-state index in [1.54, 1.807) is 0 Å². The van der Waals surface area contributed by atoms with E-state index in [0.717, 1.165) is 29.4 Å². The molecule has 0 saturated heterocycles. The van der Waals surface area contributed by atoms with Crippen LogP contribution < -0.4 is 5.73 Å². The lowest BCUT2D eigenvalue weighted by Gasteiger charge is -2.58. The fourth-order valence-corrected chi connectivity index (χ4v) is 5.53. The average Bonchev–Trinajstić information content (AvgIpc) is 2.67. The number of hydrogen-bond acceptors (Lipinski definition) is 3. The van der Waals surface area contributed by atoms with Gasteiger partial charge in [-0.3, -0.25) is 0 Å². The second kappa shape index (κ2) is 3.81. The Morgan fingerprint density at radius 2 is 1.63 bits per heavy atom. The summed E-state index contributed by atoms with van der Waals surface area (Å²) in [6, 6.07) is 0.0760. The summed E-state index contributed by atoms with van der Waals surface area (Å²) in [6.45, 7) is 2.00. The van der Waals surface area contributed by atoms with Gasteiger partial charge in [0.2, 0.25) is 0 Å². The smallest absolute Gasteiger partial charge is 0.150 e. The molecule has 5 rings (SSSR count). The molecule has 1 aromatic rings. The molecule has 4 aliphatic rings. The predicted molar refractivity (Wildman–Crippen MR) is 73.3 cm³/mol. The number of rotatable bonds is 2. The zero-order valence-corrected chi connectivity index (χ0v) is 12.0. The zero-order chi connectivity index (χ0) is 13.2. The van der Waals surface area contributed by atoms with Crippen LogP contribution >= 0.6 is 0 Å². The Kier molecular flexibility index (Phi) is 2.39. The minimum Gasteiger partial charge on any atom is -0.321 e. The van der Waals surface area contributed by atoms with Crippen molar-refractivity contribution in [2.45, 2.75) is 51.5 Å². The molecule has 2 N–H and O–H groups in total. The fraction of sp³-hybridized carbons (Fsp3) is 0.867. The van der Waals surface area contributed by atoms with Crippen molar-refractivity contribution in [2.24, 2.45) is 36.0 Å². The van der Waals surface area contributed by atoms with E-state index in [1.807, 2.05) is 14.0 Å². The summed E-state index contributed by atoms with van der Waals surface area (Å²) in [4.78, 5) is 0. The van der Waals surface area contributed by atoms with Crippen molar-refractivity contribution in [3.05, 3.63) is 11.6 Å². The van der Waals surface area contributed by atoms with E-state index in [1.165, 1.54) is 38.5 Å². The number of hydrogen-bond donors (Lipinski definition) is 1. The molecule has 1 aromatic heterocycles. The first-order valence-corrected chi connectivity index (χ1v) is 7.69. The first-order valence-electron chi connectivity index (χ1n) is 7.69. The van der Waals surface area contributed by atoms with Gasteiger partial charge in [-0.1, -0.05) is 0 Å². The van der Waals surface area contributed by atoms with Crippen LogP contribution in [0, 0.1) is 30.1 Å². The van der Waals surface area contributed by atoms with Crippen LogP contribution in [-0.2, 0) is 7.05 Å². The standard InChI is InChI=1S/C15H24N4/c1-9-17-18-14(19(9)2)13(16)15-6-10-3-11(7-15)5-12(4-10)8-15/h10-13H,3-8,16H2,1-2H3. The van der Waals surface area contributed by atoms with Crippen LogP contribution in [0.25, 0.3) is 0 Å². The summed E-state index contributed by atoms with van der Waals surface area (Å²) in [5.74, 6) is 4.78. The summed E-state index contributed by atoms with van der Waals surface area (Å²) in [5.41, 5.74) is 7.01. The van der Waals surface area contributed by atoms with Crippen LogP contribution in [-0.4, -0.2) is 14.8 Å². The second-order valence-electron chi connectivity index (χ2n) is 7.42. The van der Waals surface area contributed by atoms with Crippen molar-refractivity contribution in [1.82, 2.24) is 14.8 Å². The van der Waals surface area contributed by atoms with Crippen molar-refractivity contribution in [2.75, 3.05) is 0 Å². The van der Waals surface area contributed by atoms with Crippen LogP contribution in [0.3, 0.4) is 0 Å². The molecular formula is C15H24N4. The molecule has 0 radical (unpaired) electrons. The van der Waals surface area contributed by atoms with Gasteiger partial charge in [0.1, 0.15) is 11.6 Å². The van der Waals surface area contributed by atoms with Crippen LogP contribution in [0.15, 0.2) is 0 Å². The lowest BCUT2D eigenvalue weighted by atomic mass is 9.47. The van der Waals surface area contributed by atoms with Crippen LogP contribution in [0.4, 0.5) is 0 Å². The Balaban J connectivity index is 1.69. The number of aryl methyl sites for hydroxylation is 1. The largest absolute Gasteiger partial charge is 0.321 e. The first kappa shape index (κ1) is 11.9. The van der Waals surface area contributed by atoms with E-state index in [4.69, 9.17) is 5.73 Å². The molecule has 4 nitrogen and oxygen atoms in total. The fourth-order valence-electron chi connectivity index (χ4n) is 5.53. The van der Waals surface area contributed by atoms with Gasteiger partial charge in [-0.2, -0.15) is 0 Å². The van der Waals surface area contributed by atoms with E-state index in [2.05, 4.69) is 14.8 Å². The van der Waals surface area contributed by atoms with Gasteiger partial charge in [-0.05, 0) is 68.6 Å². The minimum atomic E-state index is 0.0760. The van der Waals surface area contributed by atoms with Crippen molar-refractivity contribution in [3.8, 4) is 0 Å². The van der Waals surface area contributed by atoms with Gasteiger partial charge in [-0.15, -0.1) is 10.2 Å². The number of nitrogens with zero attached hydrogens (tertiary/aromatic N) is 3. The Morgan fingerprint density at radius 1 is 1.11 bits per heavy atom. The van der Waals surface area contributed by atoms with Gasteiger partial charge in [0.15, 0.2) is 0 Å². The molecule has 4 heteroatoms. The van der Waals surface area contributed by atoms with Gasteiger partial charge in [0.25, 0.3) is 0 Å². The van der Waals surface area contributed by atoms with Crippen LogP contribution in [0.2, 0.25) is 0 Å². The normalized spacial score (nSPS) is 41.7. The quantitative estimate of drug-likeness (QED) is 0.888. The number of aromatic nitrogens is 3. The molecule has 0 spiro atoms. The van der Waals surface area contributed by atoms with Gasteiger partial charge >= 0.3 is 0 Å². The molecular weight excluding hydrogens is 236 g/mol. The highest BCUT2D eigenvalue weighted by Gasteiger charge is 2.54. The van der Waals surface area contributed by atoms with Crippen molar-refractivity contribution in [3.63, 3.8) is 0 Å². The van der Waals surface area contributed by atoms with Crippen molar-refractivity contribution < 1.29 is 0 Å². The van der Waals surface area contributed by atoms with Crippen LogP contribution in [0.1, 0.15) is 56.2 Å². The molecule has 4 saturated carbocycles. The molecule has 4 bridgehead atoms. The Bertz CT molecular complexity index is 469. The van der Waals surface area contributed by atoms with E-state index in [-0.39, 0.29) is 6.04 Å². The van der Waals surface area contributed by atoms with Gasteiger partial charge < -0.3 is 10.3 Å². The summed E-state index contributed by atoms with van der Waals surface area (Å²) >= 11 is 0. The molecule has 19 heavy (non-hydrogen) atoms. The van der Waals surface area contributed by atoms with Crippen LogP contribution in [0.5, 0.6) is 0 Å². The summed E-state index contributed by atoms with van der Waals surface area (Å²) in [6.07, 6.45) is 8.36. The van der Waals surface area contributed by atoms with Crippen molar-refractivity contribution >= 4 is 0 Å². The lowest BCUT2D eigenvalue weighted by molar-refractivity contribution is -0.0696. The Hall–Kier alpha value is -0.900. The molecule has 0 aliphatic heterocycles. The molecule has 4 aliphatic carbocycles. The SMILES string of the molecule is Cc1nnc(C(N)C23CC4CC(CC(C4)C2)C3)n1C. The zero-order valence-electron chi connectivity index (χ0n) is 12.0. The van der Waals surface area contributed by atoms with Crippen molar-refractivity contribution in [1.29, 1.82) is 0 Å². The second-order valence-corrected chi connectivity index (χ2v) is 7.42. The molecule has 104 valence electrons. The van der Waals surface area contributed by atoms with E-state index in [9.17, 15) is 0 Å². The highest BCUT2D eigenvalue weighted by Crippen LogP contribution is 2.63. The maximum absolute atomic E-state index is 6.68. The van der Waals surface area contributed by atoms with E-state index in [0.29, 0.717) is 5.41 Å². The maximum Gasteiger partial charge on any atom is 0.150 e. The first-order chi connectivity index (χ1) is 9.07. The summed E-state index contributed by atoms with van der Waals surface area (Å²) in [5, 5.41) is 8.56. The average molecular weight is 260 g/mol. The van der Waals surface area contributed by atoms with Gasteiger partial charge in [0, 0.05) is 7.05 Å². The Morgan fingerprint density at radius 3 is 2.05 bits per heavy atom. The Labute approximate surface area is 114 Å². The molecule has 1 heterocycles. The predicted octanol–water partition coefficient (Wildman–Crippen LogP) is 2.34. The molecule has 1 atom stereocenters. The van der Waals surface area contributed by atoms with E-state index < -0.39 is 0 Å². The third kappa shape index (κ3) is 1.62. The molecule has 1 unspecified atom stereocenters. The summed E-state index contributed by atoms with van der Waals surface area (Å²) < 4.78 is 2.09. The third-order valence-electron chi connectivity index (χ3n) is 6.15. The monoisotopic (exact) mass is 260 g/mol. The minimum absolute atomic E-state index is 0.0760. The lowest BCUT2D eigenvalue weighted by Crippen LogP contribution is -2.51.